The number of esters is 1. The van der Waals surface area contributed by atoms with Crippen LogP contribution in [0, 0.1) is 17.5 Å². The highest BCUT2D eigenvalue weighted by molar-refractivity contribution is 5.98. The first-order valence-corrected chi connectivity index (χ1v) is 7.13. The minimum atomic E-state index is -1.71. The van der Waals surface area contributed by atoms with Crippen molar-refractivity contribution in [1.29, 1.82) is 0 Å². The van der Waals surface area contributed by atoms with E-state index >= 15 is 0 Å². The number of rotatable bonds is 5. The number of hydrogen-bond acceptors (Lipinski definition) is 4. The Bertz CT molecular complexity index is 810. The Hall–Kier alpha value is -3.03. The molecule has 5 nitrogen and oxygen atoms in total. The molecule has 0 bridgehead atoms. The summed E-state index contributed by atoms with van der Waals surface area (Å²) < 4.78 is 49.6. The quantitative estimate of drug-likeness (QED) is 0.662. The lowest BCUT2D eigenvalue weighted by Gasteiger charge is -2.15. The van der Waals surface area contributed by atoms with Gasteiger partial charge < -0.3 is 14.8 Å². The van der Waals surface area contributed by atoms with Gasteiger partial charge in [0.25, 0.3) is 5.91 Å². The number of nitrogens with one attached hydrogen (secondary N) is 1. The van der Waals surface area contributed by atoms with Crippen molar-refractivity contribution < 1.29 is 32.2 Å². The second-order valence-corrected chi connectivity index (χ2v) is 4.96. The van der Waals surface area contributed by atoms with Crippen LogP contribution in [0.15, 0.2) is 36.4 Å². The molecule has 1 atom stereocenters. The van der Waals surface area contributed by atoms with Crippen molar-refractivity contribution in [1.82, 2.24) is 0 Å². The maximum Gasteiger partial charge on any atom is 0.342 e. The summed E-state index contributed by atoms with van der Waals surface area (Å²) in [5, 5.41) is 2.03. The number of para-hydroxylation sites is 1. The molecule has 8 heteroatoms. The lowest BCUT2D eigenvalue weighted by Crippen LogP contribution is -2.30. The number of hydrogen-bond donors (Lipinski definition) is 1. The maximum absolute atomic E-state index is 13.6. The van der Waals surface area contributed by atoms with E-state index < -0.39 is 41.1 Å². The highest BCUT2D eigenvalue weighted by atomic mass is 19.2. The number of halogens is 3. The SMILES string of the molecule is COc1ccccc1C(=O)O[C@@H](C)C(=O)Nc1ccc(F)c(F)c1F. The fourth-order valence-corrected chi connectivity index (χ4v) is 1.95. The van der Waals surface area contributed by atoms with Crippen molar-refractivity contribution in [2.75, 3.05) is 12.4 Å². The number of anilines is 1. The van der Waals surface area contributed by atoms with Gasteiger partial charge in [-0.15, -0.1) is 0 Å². The van der Waals surface area contributed by atoms with E-state index in [2.05, 4.69) is 0 Å². The minimum Gasteiger partial charge on any atom is -0.496 e. The van der Waals surface area contributed by atoms with Crippen molar-refractivity contribution in [2.45, 2.75) is 13.0 Å². The van der Waals surface area contributed by atoms with E-state index in [9.17, 15) is 22.8 Å². The van der Waals surface area contributed by atoms with Gasteiger partial charge in [-0.3, -0.25) is 4.79 Å². The molecule has 2 aromatic rings. The molecule has 0 aliphatic rings. The predicted molar refractivity (Wildman–Crippen MR) is 82.8 cm³/mol. The van der Waals surface area contributed by atoms with Gasteiger partial charge in [0, 0.05) is 0 Å². The molecule has 1 amide bonds. The molecule has 2 aromatic carbocycles. The molecule has 2 rings (SSSR count). The third-order valence-electron chi connectivity index (χ3n) is 3.27. The van der Waals surface area contributed by atoms with E-state index in [0.29, 0.717) is 6.07 Å². The number of carbonyl (C=O) groups excluding carboxylic acids is 2. The molecule has 0 spiro atoms. The van der Waals surface area contributed by atoms with E-state index in [4.69, 9.17) is 9.47 Å². The first-order valence-electron chi connectivity index (χ1n) is 7.13. The van der Waals surface area contributed by atoms with Gasteiger partial charge in [-0.1, -0.05) is 12.1 Å². The normalized spacial score (nSPS) is 11.6. The summed E-state index contributed by atoms with van der Waals surface area (Å²) >= 11 is 0. The lowest BCUT2D eigenvalue weighted by atomic mass is 10.2. The number of methoxy groups -OCH3 is 1. The Morgan fingerprint density at radius 2 is 1.72 bits per heavy atom. The van der Waals surface area contributed by atoms with Gasteiger partial charge in [0.2, 0.25) is 0 Å². The largest absolute Gasteiger partial charge is 0.496 e. The van der Waals surface area contributed by atoms with Crippen molar-refractivity contribution in [3.8, 4) is 5.75 Å². The number of benzene rings is 2. The highest BCUT2D eigenvalue weighted by Gasteiger charge is 2.23. The predicted octanol–water partition coefficient (Wildman–Crippen LogP) is 3.30. The summed E-state index contributed by atoms with van der Waals surface area (Å²) in [6.45, 7) is 1.25. The molecule has 0 aromatic heterocycles. The summed E-state index contributed by atoms with van der Waals surface area (Å²) in [5.74, 6) is -6.12. The standard InChI is InChI=1S/C17H14F3NO4/c1-9(25-17(23)10-5-3-4-6-13(10)24-2)16(22)21-12-8-7-11(18)14(19)15(12)20/h3-9H,1-2H3,(H,21,22)/t9-/m0/s1. The van der Waals surface area contributed by atoms with Crippen molar-refractivity contribution in [2.24, 2.45) is 0 Å². The molecule has 0 fully saturated rings. The third-order valence-corrected chi connectivity index (χ3v) is 3.27. The first kappa shape index (κ1) is 18.3. The fourth-order valence-electron chi connectivity index (χ4n) is 1.95. The zero-order valence-corrected chi connectivity index (χ0v) is 13.3. The van der Waals surface area contributed by atoms with Gasteiger partial charge in [-0.2, -0.15) is 0 Å². The minimum absolute atomic E-state index is 0.101. The molecule has 0 saturated carbocycles. The molecule has 0 aliphatic heterocycles. The molecular formula is C17H14F3NO4. The van der Waals surface area contributed by atoms with Gasteiger partial charge in [0.05, 0.1) is 12.8 Å². The van der Waals surface area contributed by atoms with Gasteiger partial charge in [-0.25, -0.2) is 18.0 Å². The van der Waals surface area contributed by atoms with Crippen LogP contribution in [-0.2, 0) is 9.53 Å². The maximum atomic E-state index is 13.6. The van der Waals surface area contributed by atoms with Gasteiger partial charge in [0.1, 0.15) is 11.3 Å². The van der Waals surface area contributed by atoms with Crippen molar-refractivity contribution in [3.05, 3.63) is 59.4 Å². The zero-order chi connectivity index (χ0) is 18.6. The molecular weight excluding hydrogens is 339 g/mol. The van der Waals surface area contributed by atoms with Crippen LogP contribution in [0.4, 0.5) is 18.9 Å². The molecule has 25 heavy (non-hydrogen) atoms. The van der Waals surface area contributed by atoms with Gasteiger partial charge >= 0.3 is 5.97 Å². The van der Waals surface area contributed by atoms with Crippen LogP contribution in [0.25, 0.3) is 0 Å². The fraction of sp³-hybridized carbons (Fsp3) is 0.176. The van der Waals surface area contributed by atoms with E-state index in [-0.39, 0.29) is 11.3 Å². The van der Waals surface area contributed by atoms with Crippen LogP contribution in [-0.4, -0.2) is 25.1 Å². The van der Waals surface area contributed by atoms with Crippen LogP contribution < -0.4 is 10.1 Å². The molecule has 1 N–H and O–H groups in total. The van der Waals surface area contributed by atoms with Gasteiger partial charge in [0.15, 0.2) is 23.6 Å². The smallest absolute Gasteiger partial charge is 0.342 e. The van der Waals surface area contributed by atoms with E-state index in [1.807, 2.05) is 5.32 Å². The summed E-state index contributed by atoms with van der Waals surface area (Å²) in [6.07, 6.45) is -1.31. The second kappa shape index (κ2) is 7.69. The topological polar surface area (TPSA) is 64.6 Å². The molecule has 0 aliphatic carbocycles. The second-order valence-electron chi connectivity index (χ2n) is 4.96. The van der Waals surface area contributed by atoms with Crippen LogP contribution in [0.3, 0.4) is 0 Å². The van der Waals surface area contributed by atoms with Crippen LogP contribution in [0.5, 0.6) is 5.75 Å². The Labute approximate surface area is 141 Å². The first-order chi connectivity index (χ1) is 11.8. The third kappa shape index (κ3) is 4.09. The molecule has 0 saturated heterocycles. The van der Waals surface area contributed by atoms with Crippen LogP contribution >= 0.6 is 0 Å². The zero-order valence-electron chi connectivity index (χ0n) is 13.3. The summed E-state index contributed by atoms with van der Waals surface area (Å²) in [5.41, 5.74) is -0.465. The number of amides is 1. The van der Waals surface area contributed by atoms with E-state index in [1.54, 1.807) is 12.1 Å². The van der Waals surface area contributed by atoms with Crippen molar-refractivity contribution in [3.63, 3.8) is 0 Å². The molecule has 0 unspecified atom stereocenters. The Kier molecular flexibility index (Phi) is 5.63. The molecule has 0 radical (unpaired) electrons. The van der Waals surface area contributed by atoms with Crippen LogP contribution in [0.2, 0.25) is 0 Å². The van der Waals surface area contributed by atoms with Gasteiger partial charge in [-0.05, 0) is 31.2 Å². The van der Waals surface area contributed by atoms with Crippen LogP contribution in [0.1, 0.15) is 17.3 Å². The molecule has 0 heterocycles. The van der Waals surface area contributed by atoms with E-state index in [0.717, 1.165) is 6.07 Å². The summed E-state index contributed by atoms with van der Waals surface area (Å²) in [6, 6.07) is 7.75. The summed E-state index contributed by atoms with van der Waals surface area (Å²) in [7, 11) is 1.37. The molecule has 132 valence electrons. The van der Waals surface area contributed by atoms with E-state index in [1.165, 1.54) is 26.2 Å². The Morgan fingerprint density at radius 1 is 1.04 bits per heavy atom. The number of carbonyl (C=O) groups is 2. The van der Waals surface area contributed by atoms with Crippen molar-refractivity contribution >= 4 is 17.6 Å². The number of ether oxygens (including phenoxy) is 2. The monoisotopic (exact) mass is 353 g/mol. The lowest BCUT2D eigenvalue weighted by molar-refractivity contribution is -0.123. The Morgan fingerprint density at radius 3 is 2.40 bits per heavy atom. The summed E-state index contributed by atoms with van der Waals surface area (Å²) in [4.78, 5) is 24.1. The Balaban J connectivity index is 2.08. The average molecular weight is 353 g/mol. The average Bonchev–Trinajstić information content (AvgIpc) is 2.61. The highest BCUT2D eigenvalue weighted by Crippen LogP contribution is 2.21.